The topological polar surface area (TPSA) is 84.7 Å². The number of anilines is 2. The van der Waals surface area contributed by atoms with Crippen LogP contribution < -0.4 is 20.7 Å². The molecule has 2 aromatic carbocycles. The molecular weight excluding hydrogens is 435 g/mol. The van der Waals surface area contributed by atoms with Crippen LogP contribution in [0, 0.1) is 0 Å². The normalized spacial score (nSPS) is 14.9. The number of primary amides is 1. The number of alkyl halides is 3. The van der Waals surface area contributed by atoms with Gasteiger partial charge >= 0.3 is 6.18 Å². The smallest absolute Gasteiger partial charge is 0.412 e. The highest BCUT2D eigenvalue weighted by atomic mass is 19.4. The minimum atomic E-state index is -4.63. The summed E-state index contributed by atoms with van der Waals surface area (Å²) >= 11 is 0. The summed E-state index contributed by atoms with van der Waals surface area (Å²) in [4.78, 5) is 26.2. The van der Waals surface area contributed by atoms with Crippen LogP contribution in [0.3, 0.4) is 0 Å². The van der Waals surface area contributed by atoms with Crippen LogP contribution in [0.15, 0.2) is 36.4 Å². The van der Waals surface area contributed by atoms with Gasteiger partial charge in [0, 0.05) is 24.1 Å². The molecule has 0 saturated carbocycles. The Kier molecular flexibility index (Phi) is 7.50. The average molecular weight is 464 g/mol. The van der Waals surface area contributed by atoms with Gasteiger partial charge in [-0.05, 0) is 31.4 Å². The molecule has 1 aliphatic rings. The lowest BCUT2D eigenvalue weighted by Crippen LogP contribution is -2.31. The van der Waals surface area contributed by atoms with Crippen molar-refractivity contribution in [3.05, 3.63) is 53.1 Å². The third-order valence-electron chi connectivity index (χ3n) is 5.53. The fourth-order valence-electron chi connectivity index (χ4n) is 4.11. The van der Waals surface area contributed by atoms with Gasteiger partial charge < -0.3 is 20.7 Å². The van der Waals surface area contributed by atoms with Crippen LogP contribution >= 0.6 is 0 Å². The Labute approximate surface area is 190 Å². The maximum Gasteiger partial charge on any atom is 0.412 e. The molecule has 2 amide bonds. The molecule has 0 bridgehead atoms. The highest BCUT2D eigenvalue weighted by Crippen LogP contribution is 2.46. The first-order chi connectivity index (χ1) is 15.7. The van der Waals surface area contributed by atoms with Crippen molar-refractivity contribution in [3.8, 4) is 5.75 Å². The van der Waals surface area contributed by atoms with Crippen LogP contribution in [-0.4, -0.2) is 31.1 Å². The predicted molar refractivity (Wildman–Crippen MR) is 121 cm³/mol. The second kappa shape index (κ2) is 10.1. The van der Waals surface area contributed by atoms with E-state index in [-0.39, 0.29) is 47.2 Å². The highest BCUT2D eigenvalue weighted by Gasteiger charge is 2.42. The van der Waals surface area contributed by atoms with Crippen LogP contribution in [0.2, 0.25) is 0 Å². The molecular formula is C24H28F3N3O3. The van der Waals surface area contributed by atoms with Crippen molar-refractivity contribution in [2.24, 2.45) is 5.73 Å². The second-order valence-corrected chi connectivity index (χ2v) is 7.85. The number of ether oxygens (including phenoxy) is 1. The summed E-state index contributed by atoms with van der Waals surface area (Å²) in [5, 5.41) is 2.62. The van der Waals surface area contributed by atoms with E-state index < -0.39 is 18.1 Å². The monoisotopic (exact) mass is 463 g/mol. The van der Waals surface area contributed by atoms with Crippen LogP contribution in [0.25, 0.3) is 0 Å². The molecule has 0 aliphatic carbocycles. The van der Waals surface area contributed by atoms with Crippen LogP contribution in [0.4, 0.5) is 24.5 Å². The summed E-state index contributed by atoms with van der Waals surface area (Å²) in [5.41, 5.74) is 6.41. The maximum absolute atomic E-state index is 14.2. The Bertz CT molecular complexity index is 1010. The number of rotatable bonds is 9. The minimum Gasteiger partial charge on any atom is -0.491 e. The zero-order valence-corrected chi connectivity index (χ0v) is 18.7. The molecule has 1 heterocycles. The molecule has 178 valence electrons. The number of carbonyl (C=O) groups excluding carboxylic acids is 2. The van der Waals surface area contributed by atoms with Gasteiger partial charge in [0.05, 0.1) is 12.3 Å². The standard InChI is InChI=1S/C24H28F3N3O3/c1-3-9-16-17(23(28)32)14-18(30-13-8-12-19(30)31)20(21(16)33-4-2)29-22(24(25,26)27)15-10-6-5-7-11-15/h5-7,10-11,14,22,29H,3-4,8-9,12-13H2,1-2H3,(H2,28,32). The van der Waals surface area contributed by atoms with Gasteiger partial charge in [-0.2, -0.15) is 13.2 Å². The molecule has 1 atom stereocenters. The van der Waals surface area contributed by atoms with E-state index in [9.17, 15) is 22.8 Å². The average Bonchev–Trinajstić information content (AvgIpc) is 3.19. The minimum absolute atomic E-state index is 0.0159. The van der Waals surface area contributed by atoms with Gasteiger partial charge in [0.1, 0.15) is 17.5 Å². The van der Waals surface area contributed by atoms with Crippen molar-refractivity contribution < 1.29 is 27.5 Å². The van der Waals surface area contributed by atoms with Crippen molar-refractivity contribution in [2.45, 2.75) is 51.7 Å². The summed E-state index contributed by atoms with van der Waals surface area (Å²) in [6, 6.07) is 6.83. The van der Waals surface area contributed by atoms with Gasteiger partial charge in [0.25, 0.3) is 0 Å². The molecule has 2 aromatic rings. The Morgan fingerprint density at radius 2 is 1.94 bits per heavy atom. The number of nitrogens with zero attached hydrogens (tertiary/aromatic N) is 1. The van der Waals surface area contributed by atoms with Crippen molar-refractivity contribution in [2.75, 3.05) is 23.4 Å². The Morgan fingerprint density at radius 3 is 2.45 bits per heavy atom. The molecule has 0 radical (unpaired) electrons. The van der Waals surface area contributed by atoms with Crippen molar-refractivity contribution in [3.63, 3.8) is 0 Å². The number of hydrogen-bond donors (Lipinski definition) is 2. The third-order valence-corrected chi connectivity index (χ3v) is 5.53. The van der Waals surface area contributed by atoms with E-state index in [4.69, 9.17) is 10.5 Å². The quantitative estimate of drug-likeness (QED) is 0.549. The Morgan fingerprint density at radius 1 is 1.24 bits per heavy atom. The third kappa shape index (κ3) is 5.23. The van der Waals surface area contributed by atoms with Crippen LogP contribution in [0.5, 0.6) is 5.75 Å². The molecule has 0 spiro atoms. The highest BCUT2D eigenvalue weighted by molar-refractivity contribution is 6.04. The lowest BCUT2D eigenvalue weighted by atomic mass is 9.97. The number of nitrogens with one attached hydrogen (secondary N) is 1. The van der Waals surface area contributed by atoms with Crippen molar-refractivity contribution in [1.82, 2.24) is 0 Å². The number of nitrogens with two attached hydrogens (primary N) is 1. The SMILES string of the molecule is CCCc1c(C(N)=O)cc(N2CCCC2=O)c(NC(c2ccccc2)C(F)(F)F)c1OCC. The largest absolute Gasteiger partial charge is 0.491 e. The predicted octanol–water partition coefficient (Wildman–Crippen LogP) is 4.98. The number of halogens is 3. The first-order valence-corrected chi connectivity index (χ1v) is 11.0. The summed E-state index contributed by atoms with van der Waals surface area (Å²) in [7, 11) is 0. The zero-order chi connectivity index (χ0) is 24.2. The van der Waals surface area contributed by atoms with Crippen molar-refractivity contribution in [1.29, 1.82) is 0 Å². The van der Waals surface area contributed by atoms with Gasteiger partial charge in [-0.15, -0.1) is 0 Å². The first kappa shape index (κ1) is 24.4. The molecule has 9 heteroatoms. The van der Waals surface area contributed by atoms with E-state index in [2.05, 4.69) is 5.32 Å². The summed E-state index contributed by atoms with van der Waals surface area (Å²) < 4.78 is 48.4. The van der Waals surface area contributed by atoms with Gasteiger partial charge in [-0.3, -0.25) is 9.59 Å². The molecule has 3 N–H and O–H groups in total. The van der Waals surface area contributed by atoms with E-state index in [1.807, 2.05) is 6.92 Å². The van der Waals surface area contributed by atoms with E-state index in [0.717, 1.165) is 0 Å². The molecule has 1 aliphatic heterocycles. The summed E-state index contributed by atoms with van der Waals surface area (Å²) in [6.45, 7) is 4.07. The number of benzene rings is 2. The fourth-order valence-corrected chi connectivity index (χ4v) is 4.11. The first-order valence-electron chi connectivity index (χ1n) is 11.0. The van der Waals surface area contributed by atoms with Gasteiger partial charge in [0.15, 0.2) is 0 Å². The van der Waals surface area contributed by atoms with Crippen LogP contribution in [-0.2, 0) is 11.2 Å². The van der Waals surface area contributed by atoms with Gasteiger partial charge in [-0.25, -0.2) is 0 Å². The lowest BCUT2D eigenvalue weighted by Gasteiger charge is -2.30. The van der Waals surface area contributed by atoms with Crippen LogP contribution in [0.1, 0.15) is 60.6 Å². The summed E-state index contributed by atoms with van der Waals surface area (Å²) in [6.07, 6.45) is -2.81. The molecule has 1 saturated heterocycles. The van der Waals surface area contributed by atoms with Crippen molar-refractivity contribution >= 4 is 23.2 Å². The number of carbonyl (C=O) groups is 2. The molecule has 0 aromatic heterocycles. The van der Waals surface area contributed by atoms with E-state index in [0.29, 0.717) is 31.4 Å². The molecule has 6 nitrogen and oxygen atoms in total. The fraction of sp³-hybridized carbons (Fsp3) is 0.417. The molecule has 3 rings (SSSR count). The second-order valence-electron chi connectivity index (χ2n) is 7.85. The van der Waals surface area contributed by atoms with E-state index in [1.54, 1.807) is 13.0 Å². The molecule has 33 heavy (non-hydrogen) atoms. The lowest BCUT2D eigenvalue weighted by molar-refractivity contribution is -0.144. The number of amides is 2. The Balaban J connectivity index is 2.29. The van der Waals surface area contributed by atoms with Gasteiger partial charge in [0.2, 0.25) is 11.8 Å². The molecule has 1 fully saturated rings. The molecule has 1 unspecified atom stereocenters. The van der Waals surface area contributed by atoms with E-state index >= 15 is 0 Å². The van der Waals surface area contributed by atoms with Gasteiger partial charge in [-0.1, -0.05) is 43.7 Å². The maximum atomic E-state index is 14.2. The van der Waals surface area contributed by atoms with E-state index in [1.165, 1.54) is 35.2 Å². The summed E-state index contributed by atoms with van der Waals surface area (Å²) in [5.74, 6) is -0.841. The zero-order valence-electron chi connectivity index (χ0n) is 18.7. The Hall–Kier alpha value is -3.23. The number of hydrogen-bond acceptors (Lipinski definition) is 4.